The standard InChI is InChI=1S/C22H22N2O2S/c1-26-19-9-5-8-18(14-19)23-22(25)21(16-6-3-2-4-7-16)24-12-10-20-17(15-24)11-13-27-20/h2-9,11,13-14,21H,10,12,15H2,1H3,(H,23,25). The topological polar surface area (TPSA) is 41.6 Å². The van der Waals surface area contributed by atoms with Crippen LogP contribution in [0.15, 0.2) is 66.0 Å². The third-order valence-corrected chi connectivity index (χ3v) is 5.93. The molecule has 1 N–H and O–H groups in total. The van der Waals surface area contributed by atoms with Crippen molar-refractivity contribution in [2.75, 3.05) is 19.0 Å². The largest absolute Gasteiger partial charge is 0.497 e. The lowest BCUT2D eigenvalue weighted by atomic mass is 10.0. The van der Waals surface area contributed by atoms with Gasteiger partial charge in [0.25, 0.3) is 0 Å². The molecule has 1 atom stereocenters. The summed E-state index contributed by atoms with van der Waals surface area (Å²) in [7, 11) is 1.62. The SMILES string of the molecule is COc1cccc(NC(=O)C(c2ccccc2)N2CCc3sccc3C2)c1. The van der Waals surface area contributed by atoms with E-state index in [0.29, 0.717) is 0 Å². The summed E-state index contributed by atoms with van der Waals surface area (Å²) in [6.07, 6.45) is 0.989. The van der Waals surface area contributed by atoms with Gasteiger partial charge in [0.1, 0.15) is 11.8 Å². The summed E-state index contributed by atoms with van der Waals surface area (Å²) in [5.41, 5.74) is 3.09. The van der Waals surface area contributed by atoms with E-state index in [1.54, 1.807) is 7.11 Å². The summed E-state index contributed by atoms with van der Waals surface area (Å²) < 4.78 is 5.27. The van der Waals surface area contributed by atoms with E-state index in [1.807, 2.05) is 65.9 Å². The van der Waals surface area contributed by atoms with Crippen LogP contribution in [0.2, 0.25) is 0 Å². The van der Waals surface area contributed by atoms with Crippen LogP contribution < -0.4 is 10.1 Å². The van der Waals surface area contributed by atoms with Gasteiger partial charge in [0.2, 0.25) is 5.91 Å². The van der Waals surface area contributed by atoms with E-state index in [9.17, 15) is 4.79 Å². The van der Waals surface area contributed by atoms with Crippen molar-refractivity contribution in [3.05, 3.63) is 82.0 Å². The Hall–Kier alpha value is -2.63. The molecule has 4 nitrogen and oxygen atoms in total. The van der Waals surface area contributed by atoms with E-state index in [2.05, 4.69) is 21.7 Å². The molecule has 2 heterocycles. The van der Waals surface area contributed by atoms with E-state index in [4.69, 9.17) is 4.74 Å². The third kappa shape index (κ3) is 3.89. The summed E-state index contributed by atoms with van der Waals surface area (Å²) >= 11 is 1.81. The Balaban J connectivity index is 1.61. The molecule has 0 saturated carbocycles. The molecule has 4 rings (SSSR count). The lowest BCUT2D eigenvalue weighted by Gasteiger charge is -2.34. The third-order valence-electron chi connectivity index (χ3n) is 4.90. The molecule has 1 unspecified atom stereocenters. The fourth-order valence-corrected chi connectivity index (χ4v) is 4.46. The lowest BCUT2D eigenvalue weighted by Crippen LogP contribution is -2.40. The van der Waals surface area contributed by atoms with Gasteiger partial charge in [-0.1, -0.05) is 36.4 Å². The van der Waals surface area contributed by atoms with Crippen molar-refractivity contribution in [3.8, 4) is 5.75 Å². The van der Waals surface area contributed by atoms with Crippen LogP contribution in [0.1, 0.15) is 22.0 Å². The molecule has 3 aromatic rings. The molecule has 1 amide bonds. The normalized spacial score (nSPS) is 15.0. The first-order valence-corrected chi connectivity index (χ1v) is 9.92. The zero-order chi connectivity index (χ0) is 18.6. The Morgan fingerprint density at radius 2 is 2.00 bits per heavy atom. The second-order valence-corrected chi connectivity index (χ2v) is 7.62. The van der Waals surface area contributed by atoms with E-state index < -0.39 is 0 Å². The molecular formula is C22H22N2O2S. The zero-order valence-corrected chi connectivity index (χ0v) is 16.0. The second kappa shape index (κ2) is 7.94. The fourth-order valence-electron chi connectivity index (χ4n) is 3.57. The summed E-state index contributed by atoms with van der Waals surface area (Å²) in [6.45, 7) is 1.67. The molecule has 138 valence electrons. The Morgan fingerprint density at radius 1 is 1.15 bits per heavy atom. The number of nitrogens with one attached hydrogen (secondary N) is 1. The number of hydrogen-bond donors (Lipinski definition) is 1. The van der Waals surface area contributed by atoms with Crippen LogP contribution in [-0.4, -0.2) is 24.5 Å². The molecule has 1 aromatic heterocycles. The van der Waals surface area contributed by atoms with Crippen LogP contribution in [0.3, 0.4) is 0 Å². The Morgan fingerprint density at radius 3 is 2.81 bits per heavy atom. The van der Waals surface area contributed by atoms with E-state index in [1.165, 1.54) is 10.4 Å². The number of rotatable bonds is 5. The Bertz CT molecular complexity index is 923. The predicted octanol–water partition coefficient (Wildman–Crippen LogP) is 4.49. The van der Waals surface area contributed by atoms with E-state index in [0.717, 1.165) is 36.5 Å². The highest BCUT2D eigenvalue weighted by atomic mass is 32.1. The van der Waals surface area contributed by atoms with Crippen molar-refractivity contribution in [1.29, 1.82) is 0 Å². The van der Waals surface area contributed by atoms with Gasteiger partial charge in [0.05, 0.1) is 7.11 Å². The highest BCUT2D eigenvalue weighted by Crippen LogP contribution is 2.31. The molecule has 0 fully saturated rings. The summed E-state index contributed by atoms with van der Waals surface area (Å²) in [4.78, 5) is 17.0. The maximum atomic E-state index is 13.3. The first-order chi connectivity index (χ1) is 13.2. The van der Waals surface area contributed by atoms with Gasteiger partial charge in [0, 0.05) is 29.7 Å². The van der Waals surface area contributed by atoms with Crippen LogP contribution in [0.5, 0.6) is 5.75 Å². The molecule has 5 heteroatoms. The van der Waals surface area contributed by atoms with Crippen LogP contribution in [0, 0.1) is 0 Å². The minimum atomic E-state index is -0.328. The summed E-state index contributed by atoms with van der Waals surface area (Å²) in [5.74, 6) is 0.707. The number of methoxy groups -OCH3 is 1. The highest BCUT2D eigenvalue weighted by molar-refractivity contribution is 7.10. The minimum Gasteiger partial charge on any atom is -0.497 e. The Labute approximate surface area is 163 Å². The van der Waals surface area contributed by atoms with Gasteiger partial charge in [-0.05, 0) is 41.1 Å². The monoisotopic (exact) mass is 378 g/mol. The fraction of sp³-hybridized carbons (Fsp3) is 0.227. The molecule has 0 spiro atoms. The molecule has 1 aliphatic heterocycles. The van der Waals surface area contributed by atoms with Crippen LogP contribution in [-0.2, 0) is 17.8 Å². The number of benzene rings is 2. The smallest absolute Gasteiger partial charge is 0.246 e. The minimum absolute atomic E-state index is 0.0202. The number of anilines is 1. The average molecular weight is 378 g/mol. The molecule has 0 aliphatic carbocycles. The molecule has 2 aromatic carbocycles. The average Bonchev–Trinajstić information content (AvgIpc) is 3.17. The van der Waals surface area contributed by atoms with Gasteiger partial charge in [0.15, 0.2) is 0 Å². The quantitative estimate of drug-likeness (QED) is 0.711. The number of carbonyl (C=O) groups excluding carboxylic acids is 1. The van der Waals surface area contributed by atoms with Crippen molar-refractivity contribution in [2.45, 2.75) is 19.0 Å². The number of thiophene rings is 1. The maximum Gasteiger partial charge on any atom is 0.246 e. The van der Waals surface area contributed by atoms with Gasteiger partial charge < -0.3 is 10.1 Å². The highest BCUT2D eigenvalue weighted by Gasteiger charge is 2.30. The van der Waals surface area contributed by atoms with Crippen LogP contribution >= 0.6 is 11.3 Å². The second-order valence-electron chi connectivity index (χ2n) is 6.62. The van der Waals surface area contributed by atoms with Crippen molar-refractivity contribution >= 4 is 22.9 Å². The molecule has 0 radical (unpaired) electrons. The first-order valence-electron chi connectivity index (χ1n) is 9.04. The molecule has 0 saturated heterocycles. The van der Waals surface area contributed by atoms with Gasteiger partial charge in [-0.25, -0.2) is 0 Å². The Kier molecular flexibility index (Phi) is 5.23. The molecule has 1 aliphatic rings. The van der Waals surface area contributed by atoms with Crippen molar-refractivity contribution in [3.63, 3.8) is 0 Å². The predicted molar refractivity (Wildman–Crippen MR) is 109 cm³/mol. The van der Waals surface area contributed by atoms with Crippen LogP contribution in [0.4, 0.5) is 5.69 Å². The van der Waals surface area contributed by atoms with Crippen molar-refractivity contribution < 1.29 is 9.53 Å². The number of fused-ring (bicyclic) bond motifs is 1. The van der Waals surface area contributed by atoms with Gasteiger partial charge in [-0.3, -0.25) is 9.69 Å². The molecule has 0 bridgehead atoms. The summed E-state index contributed by atoms with van der Waals surface area (Å²) in [5, 5.41) is 5.21. The van der Waals surface area contributed by atoms with Gasteiger partial charge in [-0.2, -0.15) is 0 Å². The number of nitrogens with zero attached hydrogens (tertiary/aromatic N) is 1. The van der Waals surface area contributed by atoms with Gasteiger partial charge in [-0.15, -0.1) is 11.3 Å². The molecular weight excluding hydrogens is 356 g/mol. The molecule has 27 heavy (non-hydrogen) atoms. The first kappa shape index (κ1) is 17.8. The number of ether oxygens (including phenoxy) is 1. The van der Waals surface area contributed by atoms with E-state index in [-0.39, 0.29) is 11.9 Å². The maximum absolute atomic E-state index is 13.3. The summed E-state index contributed by atoms with van der Waals surface area (Å²) in [6, 6.07) is 19.3. The number of carbonyl (C=O) groups is 1. The van der Waals surface area contributed by atoms with E-state index >= 15 is 0 Å². The van der Waals surface area contributed by atoms with Gasteiger partial charge >= 0.3 is 0 Å². The number of amides is 1. The zero-order valence-electron chi connectivity index (χ0n) is 15.2. The van der Waals surface area contributed by atoms with Crippen molar-refractivity contribution in [1.82, 2.24) is 4.90 Å². The van der Waals surface area contributed by atoms with Crippen LogP contribution in [0.25, 0.3) is 0 Å². The lowest BCUT2D eigenvalue weighted by molar-refractivity contribution is -0.121. The number of hydrogen-bond acceptors (Lipinski definition) is 4. The van der Waals surface area contributed by atoms with Crippen molar-refractivity contribution in [2.24, 2.45) is 0 Å².